The van der Waals surface area contributed by atoms with Gasteiger partial charge in [-0.1, -0.05) is 19.4 Å². The lowest BCUT2D eigenvalue weighted by Gasteiger charge is -2.53. The zero-order chi connectivity index (χ0) is 15.2. The van der Waals surface area contributed by atoms with Crippen molar-refractivity contribution in [1.29, 1.82) is 0 Å². The number of nitrogen functional groups attached to an aromatic ring is 1. The quantitative estimate of drug-likeness (QED) is 0.651. The van der Waals surface area contributed by atoms with E-state index < -0.39 is 5.41 Å². The van der Waals surface area contributed by atoms with Crippen LogP contribution in [0, 0.1) is 23.7 Å². The molecule has 2 heterocycles. The van der Waals surface area contributed by atoms with Gasteiger partial charge in [-0.3, -0.25) is 0 Å². The van der Waals surface area contributed by atoms with Crippen LogP contribution >= 0.6 is 0 Å². The molecule has 2 aromatic rings. The lowest BCUT2D eigenvalue weighted by Crippen LogP contribution is -2.52. The summed E-state index contributed by atoms with van der Waals surface area (Å²) < 4.78 is 1.93. The number of terminal acetylenes is 1. The van der Waals surface area contributed by atoms with Crippen molar-refractivity contribution in [2.24, 2.45) is 11.3 Å². The van der Waals surface area contributed by atoms with Crippen LogP contribution in [0.3, 0.4) is 0 Å². The highest BCUT2D eigenvalue weighted by molar-refractivity contribution is 5.81. The van der Waals surface area contributed by atoms with Gasteiger partial charge in [0.25, 0.3) is 0 Å². The number of imidazole rings is 1. The van der Waals surface area contributed by atoms with Crippen molar-refractivity contribution < 1.29 is 5.11 Å². The first-order chi connectivity index (χ1) is 10.1. The fraction of sp³-hybridized carbons (Fsp3) is 0.400. The number of nitrogens with zero attached hydrogens (tertiary/aromatic N) is 4. The monoisotopic (exact) mass is 283 g/mol. The van der Waals surface area contributed by atoms with Gasteiger partial charge in [-0.15, -0.1) is 6.42 Å². The molecule has 1 saturated carbocycles. The molecule has 0 amide bonds. The smallest absolute Gasteiger partial charge is 0.165 e. The van der Waals surface area contributed by atoms with Crippen molar-refractivity contribution in [3.8, 4) is 12.3 Å². The number of hydrogen-bond acceptors (Lipinski definition) is 5. The van der Waals surface area contributed by atoms with E-state index in [1.165, 1.54) is 6.33 Å². The van der Waals surface area contributed by atoms with Crippen molar-refractivity contribution in [2.45, 2.75) is 19.4 Å². The summed E-state index contributed by atoms with van der Waals surface area (Å²) >= 11 is 0. The number of nitrogens with two attached hydrogens (primary N) is 1. The molecule has 3 rings (SSSR count). The molecule has 3 N–H and O–H groups in total. The average molecular weight is 283 g/mol. The molecule has 1 fully saturated rings. The Labute approximate surface area is 122 Å². The number of anilines is 1. The van der Waals surface area contributed by atoms with Gasteiger partial charge < -0.3 is 15.4 Å². The molecular formula is C15H17N5O. The van der Waals surface area contributed by atoms with E-state index in [1.807, 2.05) is 11.5 Å². The van der Waals surface area contributed by atoms with Crippen LogP contribution in [0.15, 0.2) is 24.8 Å². The molecule has 0 aromatic carbocycles. The Hall–Kier alpha value is -2.39. The molecule has 0 unspecified atom stereocenters. The zero-order valence-electron chi connectivity index (χ0n) is 11.8. The minimum absolute atomic E-state index is 0.0301. The summed E-state index contributed by atoms with van der Waals surface area (Å²) in [5.74, 6) is 3.17. The summed E-state index contributed by atoms with van der Waals surface area (Å²) in [6, 6.07) is -0.0301. The molecule has 0 saturated heterocycles. The number of aliphatic hydroxyl groups excluding tert-OH is 1. The highest BCUT2D eigenvalue weighted by Crippen LogP contribution is 2.58. The predicted molar refractivity (Wildman–Crippen MR) is 80.0 cm³/mol. The second-order valence-corrected chi connectivity index (χ2v) is 5.34. The fourth-order valence-corrected chi connectivity index (χ4v) is 3.39. The van der Waals surface area contributed by atoms with Gasteiger partial charge in [0.15, 0.2) is 11.5 Å². The maximum Gasteiger partial charge on any atom is 0.165 e. The zero-order valence-corrected chi connectivity index (χ0v) is 11.8. The molecule has 21 heavy (non-hydrogen) atoms. The van der Waals surface area contributed by atoms with Crippen LogP contribution in [0.25, 0.3) is 11.2 Å². The van der Waals surface area contributed by atoms with Crippen molar-refractivity contribution in [3.63, 3.8) is 0 Å². The molecule has 1 aliphatic rings. The molecular weight excluding hydrogens is 266 g/mol. The van der Waals surface area contributed by atoms with Crippen LogP contribution < -0.4 is 5.73 Å². The third-order valence-electron chi connectivity index (χ3n) is 4.58. The first-order valence-electron chi connectivity index (χ1n) is 6.81. The molecule has 2 aromatic heterocycles. The van der Waals surface area contributed by atoms with Gasteiger partial charge in [0.2, 0.25) is 0 Å². The van der Waals surface area contributed by atoms with Crippen molar-refractivity contribution >= 4 is 17.0 Å². The van der Waals surface area contributed by atoms with Crippen molar-refractivity contribution in [1.82, 2.24) is 19.5 Å². The van der Waals surface area contributed by atoms with Crippen LogP contribution in [0.2, 0.25) is 0 Å². The maximum absolute atomic E-state index is 9.71. The first kappa shape index (κ1) is 13.6. The Morgan fingerprint density at radius 1 is 1.52 bits per heavy atom. The number of aromatic nitrogens is 4. The molecule has 0 radical (unpaired) electrons. The molecule has 3 atom stereocenters. The van der Waals surface area contributed by atoms with Gasteiger partial charge in [0.1, 0.15) is 11.8 Å². The highest BCUT2D eigenvalue weighted by atomic mass is 16.3. The Kier molecular flexibility index (Phi) is 2.96. The van der Waals surface area contributed by atoms with Crippen molar-refractivity contribution in [3.05, 3.63) is 24.8 Å². The summed E-state index contributed by atoms with van der Waals surface area (Å²) in [6.45, 7) is 6.05. The number of aliphatic hydroxyl groups is 1. The lowest BCUT2D eigenvalue weighted by molar-refractivity contribution is 0.0449. The molecule has 0 spiro atoms. The number of rotatable bonds is 3. The second-order valence-electron chi connectivity index (χ2n) is 5.34. The van der Waals surface area contributed by atoms with Gasteiger partial charge in [0.05, 0.1) is 24.4 Å². The van der Waals surface area contributed by atoms with Crippen LogP contribution in [0.4, 0.5) is 5.82 Å². The summed E-state index contributed by atoms with van der Waals surface area (Å²) in [7, 11) is 0. The minimum Gasteiger partial charge on any atom is -0.394 e. The van der Waals surface area contributed by atoms with E-state index in [-0.39, 0.29) is 18.6 Å². The Bertz CT molecular complexity index is 759. The van der Waals surface area contributed by atoms with Crippen LogP contribution in [0.5, 0.6) is 0 Å². The summed E-state index contributed by atoms with van der Waals surface area (Å²) in [5.41, 5.74) is 7.21. The summed E-state index contributed by atoms with van der Waals surface area (Å²) in [4.78, 5) is 12.5. The largest absolute Gasteiger partial charge is 0.394 e. The first-order valence-corrected chi connectivity index (χ1v) is 6.81. The lowest BCUT2D eigenvalue weighted by atomic mass is 9.53. The van der Waals surface area contributed by atoms with Gasteiger partial charge in [0, 0.05) is 5.92 Å². The molecule has 0 aliphatic heterocycles. The number of hydrogen-bond donors (Lipinski definition) is 2. The van der Waals surface area contributed by atoms with E-state index in [2.05, 4.69) is 27.5 Å². The third kappa shape index (κ3) is 1.55. The number of fused-ring (bicyclic) bond motifs is 1. The maximum atomic E-state index is 9.71. The Morgan fingerprint density at radius 2 is 2.29 bits per heavy atom. The predicted octanol–water partition coefficient (Wildman–Crippen LogP) is 1.16. The average Bonchev–Trinajstić information content (AvgIpc) is 2.91. The normalized spacial score (nSPS) is 28.3. The van der Waals surface area contributed by atoms with E-state index in [1.54, 1.807) is 6.33 Å². The van der Waals surface area contributed by atoms with E-state index in [0.717, 1.165) is 12.0 Å². The summed E-state index contributed by atoms with van der Waals surface area (Å²) in [5, 5.41) is 9.71. The Balaban J connectivity index is 2.11. The molecule has 0 bridgehead atoms. The van der Waals surface area contributed by atoms with Crippen LogP contribution in [0.1, 0.15) is 19.4 Å². The highest BCUT2D eigenvalue weighted by Gasteiger charge is 2.56. The van der Waals surface area contributed by atoms with Gasteiger partial charge >= 0.3 is 0 Å². The van der Waals surface area contributed by atoms with Gasteiger partial charge in [-0.05, 0) is 12.0 Å². The van der Waals surface area contributed by atoms with Crippen LogP contribution in [-0.4, -0.2) is 31.2 Å². The van der Waals surface area contributed by atoms with Crippen LogP contribution in [-0.2, 0) is 0 Å². The van der Waals surface area contributed by atoms with E-state index >= 15 is 0 Å². The topological polar surface area (TPSA) is 89.8 Å². The SMILES string of the molecule is C#C[C@]1(CO)C(=C)[C@@H](n2cnc3c(N)ncnc32)[C@@H]1CC. The molecule has 108 valence electrons. The van der Waals surface area contributed by atoms with Crippen molar-refractivity contribution in [2.75, 3.05) is 12.3 Å². The third-order valence-corrected chi connectivity index (χ3v) is 4.58. The fourth-order valence-electron chi connectivity index (χ4n) is 3.39. The van der Waals surface area contributed by atoms with E-state index in [9.17, 15) is 5.11 Å². The van der Waals surface area contributed by atoms with E-state index in [4.69, 9.17) is 12.2 Å². The minimum atomic E-state index is -0.658. The standard InChI is InChI=1S/C15H17N5O/c1-4-10-12(9(3)15(10,5-2)6-21)20-8-19-11-13(16)17-7-18-14(11)20/h2,7-8,10,12,21H,3-4,6H2,1H3,(H2,16,17,18)/t10-,12+,15-/m0/s1. The van der Waals surface area contributed by atoms with E-state index in [0.29, 0.717) is 17.0 Å². The summed E-state index contributed by atoms with van der Waals surface area (Å²) in [6.07, 6.45) is 9.58. The van der Waals surface area contributed by atoms with Gasteiger partial charge in [-0.2, -0.15) is 0 Å². The second kappa shape index (κ2) is 4.57. The molecule has 6 heteroatoms. The van der Waals surface area contributed by atoms with Gasteiger partial charge in [-0.25, -0.2) is 15.0 Å². The Morgan fingerprint density at radius 3 is 2.90 bits per heavy atom. The molecule has 1 aliphatic carbocycles. The molecule has 6 nitrogen and oxygen atoms in total.